The largest absolute Gasteiger partial charge is 0.331 e. The quantitative estimate of drug-likeness (QED) is 0.682. The Morgan fingerprint density at radius 1 is 1.12 bits per heavy atom. The molecule has 0 aliphatic heterocycles. The second-order valence-electron chi connectivity index (χ2n) is 7.60. The fourth-order valence-corrected chi connectivity index (χ4v) is 6.04. The van der Waals surface area contributed by atoms with E-state index >= 15 is 0 Å². The lowest BCUT2D eigenvalue weighted by molar-refractivity contribution is -0.733. The van der Waals surface area contributed by atoms with Crippen LogP contribution >= 0.6 is 0 Å². The molecule has 1 nitrogen and oxygen atoms in total. The molecule has 88 valence electrons. The highest BCUT2D eigenvalue weighted by molar-refractivity contribution is 5.10. The summed E-state index contributed by atoms with van der Waals surface area (Å²) in [5.41, 5.74) is 1.76. The third kappa shape index (κ3) is 1.51. The van der Waals surface area contributed by atoms with Crippen molar-refractivity contribution in [3.63, 3.8) is 0 Å². The molecule has 4 aliphatic carbocycles. The average molecular weight is 218 g/mol. The molecule has 0 amide bonds. The van der Waals surface area contributed by atoms with Gasteiger partial charge in [-0.3, -0.25) is 0 Å². The van der Waals surface area contributed by atoms with Gasteiger partial charge in [0.15, 0.2) is 0 Å². The van der Waals surface area contributed by atoms with Gasteiger partial charge in [0.1, 0.15) is 6.54 Å². The average Bonchev–Trinajstić information content (AvgIpc) is 2.08. The molecule has 0 spiro atoms. The van der Waals surface area contributed by atoms with Crippen LogP contribution in [0.4, 0.5) is 0 Å². The first-order chi connectivity index (χ1) is 7.47. The van der Waals surface area contributed by atoms with Gasteiger partial charge in [-0.05, 0) is 41.9 Å². The van der Waals surface area contributed by atoms with E-state index in [9.17, 15) is 0 Å². The Kier molecular flexibility index (Phi) is 2.03. The van der Waals surface area contributed by atoms with Gasteiger partial charge in [0.25, 0.3) is 0 Å². The topological polar surface area (TPSA) is 16.6 Å². The van der Waals surface area contributed by atoms with Crippen LogP contribution in [0.25, 0.3) is 0 Å². The third-order valence-corrected chi connectivity index (χ3v) is 5.32. The van der Waals surface area contributed by atoms with Crippen LogP contribution in [-0.2, 0) is 0 Å². The molecule has 4 rings (SSSR count). The third-order valence-electron chi connectivity index (χ3n) is 5.32. The van der Waals surface area contributed by atoms with Crippen LogP contribution in [0.1, 0.15) is 52.4 Å². The summed E-state index contributed by atoms with van der Waals surface area (Å²) in [6, 6.07) is 0. The van der Waals surface area contributed by atoms with Crippen molar-refractivity contribution in [1.29, 1.82) is 0 Å². The summed E-state index contributed by atoms with van der Waals surface area (Å²) in [5.74, 6) is 3.80. The summed E-state index contributed by atoms with van der Waals surface area (Å²) < 4.78 is 0. The van der Waals surface area contributed by atoms with Gasteiger partial charge in [0.05, 0.1) is 5.54 Å². The highest BCUT2D eigenvalue weighted by Crippen LogP contribution is 2.65. The van der Waals surface area contributed by atoms with Crippen molar-refractivity contribution in [2.24, 2.45) is 16.7 Å². The number of terminal acetylenes is 1. The second kappa shape index (κ2) is 3.05. The molecule has 4 bridgehead atoms. The van der Waals surface area contributed by atoms with Crippen LogP contribution in [0.5, 0.6) is 0 Å². The van der Waals surface area contributed by atoms with E-state index in [1.807, 2.05) is 0 Å². The zero-order valence-electron chi connectivity index (χ0n) is 10.7. The lowest BCUT2D eigenvalue weighted by Crippen LogP contribution is -2.99. The molecule has 0 aromatic heterocycles. The fourth-order valence-electron chi connectivity index (χ4n) is 6.04. The monoisotopic (exact) mass is 218 g/mol. The van der Waals surface area contributed by atoms with Crippen LogP contribution in [0.3, 0.4) is 0 Å². The minimum absolute atomic E-state index is 0.509. The minimum atomic E-state index is 0.509. The van der Waals surface area contributed by atoms with Crippen LogP contribution in [0, 0.1) is 29.1 Å². The Morgan fingerprint density at radius 3 is 2.25 bits per heavy atom. The van der Waals surface area contributed by atoms with Gasteiger partial charge in [-0.1, -0.05) is 13.8 Å². The van der Waals surface area contributed by atoms with E-state index in [1.54, 1.807) is 0 Å². The summed E-state index contributed by atoms with van der Waals surface area (Å²) in [4.78, 5) is 0. The van der Waals surface area contributed by atoms with Crippen molar-refractivity contribution < 1.29 is 5.32 Å². The number of nitrogens with two attached hydrogens (primary N) is 1. The lowest BCUT2D eigenvalue weighted by Gasteiger charge is -2.63. The van der Waals surface area contributed by atoms with Gasteiger partial charge in [0.2, 0.25) is 0 Å². The fraction of sp³-hybridized carbons (Fsp3) is 0.867. The van der Waals surface area contributed by atoms with Gasteiger partial charge in [0, 0.05) is 19.3 Å². The van der Waals surface area contributed by atoms with E-state index in [4.69, 9.17) is 6.42 Å². The number of hydrogen-bond donors (Lipinski definition) is 1. The Hall–Kier alpha value is -0.480. The minimum Gasteiger partial charge on any atom is -0.331 e. The van der Waals surface area contributed by atoms with E-state index in [0.717, 1.165) is 12.5 Å². The van der Waals surface area contributed by atoms with Gasteiger partial charge in [-0.2, -0.15) is 0 Å². The van der Waals surface area contributed by atoms with Crippen molar-refractivity contribution >= 4 is 0 Å². The number of rotatable bonds is 2. The molecule has 4 saturated carbocycles. The number of quaternary nitrogens is 1. The zero-order valence-corrected chi connectivity index (χ0v) is 10.7. The van der Waals surface area contributed by atoms with Crippen LogP contribution in [0.15, 0.2) is 0 Å². The first kappa shape index (κ1) is 10.7. The Morgan fingerprint density at radius 2 is 1.75 bits per heavy atom. The first-order valence-corrected chi connectivity index (χ1v) is 6.75. The SMILES string of the molecule is C#CC[NH2+]C12CC3C[C@@](C)(C1)C[C@](C)(C3)C2. The second-order valence-corrected chi connectivity index (χ2v) is 7.60. The summed E-state index contributed by atoms with van der Waals surface area (Å²) >= 11 is 0. The van der Waals surface area contributed by atoms with E-state index < -0.39 is 0 Å². The molecular formula is C15H24N+. The summed E-state index contributed by atoms with van der Waals surface area (Å²) in [5, 5.41) is 2.49. The molecule has 2 unspecified atom stereocenters. The highest BCUT2D eigenvalue weighted by atomic mass is 15.0. The van der Waals surface area contributed by atoms with Gasteiger partial charge in [-0.25, -0.2) is 0 Å². The molecule has 2 N–H and O–H groups in total. The molecule has 0 radical (unpaired) electrons. The molecule has 1 heteroatoms. The normalized spacial score (nSPS) is 53.9. The molecule has 0 aromatic rings. The smallest absolute Gasteiger partial charge is 0.137 e. The molecule has 0 saturated heterocycles. The predicted molar refractivity (Wildman–Crippen MR) is 65.8 cm³/mol. The van der Waals surface area contributed by atoms with Crippen molar-refractivity contribution in [1.82, 2.24) is 0 Å². The highest BCUT2D eigenvalue weighted by Gasteiger charge is 2.61. The van der Waals surface area contributed by atoms with Crippen molar-refractivity contribution in [3.05, 3.63) is 0 Å². The van der Waals surface area contributed by atoms with E-state index in [1.165, 1.54) is 38.5 Å². The maximum absolute atomic E-state index is 5.44. The number of hydrogen-bond acceptors (Lipinski definition) is 0. The van der Waals surface area contributed by atoms with Crippen molar-refractivity contribution in [3.8, 4) is 12.3 Å². The van der Waals surface area contributed by atoms with E-state index in [0.29, 0.717) is 16.4 Å². The Bertz CT molecular complexity index is 333. The standard InChI is InChI=1S/C15H23N/c1-4-5-16-15-8-12-6-13(2,10-15)9-14(3,7-12)11-15/h1,12,16H,5-11H2,2-3H3/p+1/t12?,13-,14+,15?. The molecule has 16 heavy (non-hydrogen) atoms. The summed E-state index contributed by atoms with van der Waals surface area (Å²) in [7, 11) is 0. The molecule has 0 heterocycles. The summed E-state index contributed by atoms with van der Waals surface area (Å²) in [6.45, 7) is 5.92. The van der Waals surface area contributed by atoms with E-state index in [-0.39, 0.29) is 0 Å². The van der Waals surface area contributed by atoms with Gasteiger partial charge >= 0.3 is 0 Å². The van der Waals surface area contributed by atoms with E-state index in [2.05, 4.69) is 25.1 Å². The molecule has 0 aromatic carbocycles. The molecular weight excluding hydrogens is 194 g/mol. The first-order valence-electron chi connectivity index (χ1n) is 6.75. The Balaban J connectivity index is 1.90. The van der Waals surface area contributed by atoms with Crippen molar-refractivity contribution in [2.75, 3.05) is 6.54 Å². The van der Waals surface area contributed by atoms with Gasteiger partial charge < -0.3 is 5.32 Å². The zero-order chi connectivity index (χ0) is 11.4. The van der Waals surface area contributed by atoms with Crippen molar-refractivity contribution in [2.45, 2.75) is 57.9 Å². The summed E-state index contributed by atoms with van der Waals surface area (Å²) in [6.07, 6.45) is 14.1. The molecule has 4 atom stereocenters. The van der Waals surface area contributed by atoms with Crippen LogP contribution in [-0.4, -0.2) is 12.1 Å². The molecule has 4 fully saturated rings. The maximum Gasteiger partial charge on any atom is 0.137 e. The predicted octanol–water partition coefficient (Wildman–Crippen LogP) is 1.93. The van der Waals surface area contributed by atoms with Crippen LogP contribution < -0.4 is 5.32 Å². The van der Waals surface area contributed by atoms with Gasteiger partial charge in [-0.15, -0.1) is 6.42 Å². The maximum atomic E-state index is 5.44. The lowest BCUT2D eigenvalue weighted by atomic mass is 9.43. The Labute approximate surface area is 99.4 Å². The molecule has 4 aliphatic rings. The van der Waals surface area contributed by atoms with Crippen LogP contribution in [0.2, 0.25) is 0 Å².